The third kappa shape index (κ3) is 2.29. The molecule has 0 amide bonds. The molecule has 3 aromatic rings. The normalized spacial score (nSPS) is 11.7. The summed E-state index contributed by atoms with van der Waals surface area (Å²) in [7, 11) is -4.56. The van der Waals surface area contributed by atoms with Gasteiger partial charge in [-0.15, -0.1) is 0 Å². The summed E-state index contributed by atoms with van der Waals surface area (Å²) in [5, 5.41) is 20.4. The number of hydrogen-bond acceptors (Lipinski definition) is 6. The smallest absolute Gasteiger partial charge is 0.282 e. The molecule has 0 bridgehead atoms. The molecule has 0 spiro atoms. The summed E-state index contributed by atoms with van der Waals surface area (Å²) in [6.07, 6.45) is 0. The molecule has 1 aromatic heterocycles. The fraction of sp³-hybridized carbons (Fsp3) is 0. The van der Waals surface area contributed by atoms with Crippen LogP contribution in [0.5, 0.6) is 0 Å². The molecule has 22 heavy (non-hydrogen) atoms. The van der Waals surface area contributed by atoms with E-state index in [0.717, 1.165) is 0 Å². The zero-order valence-corrected chi connectivity index (χ0v) is 11.6. The molecule has 0 fully saturated rings. The molecule has 0 atom stereocenters. The van der Waals surface area contributed by atoms with Gasteiger partial charge in [-0.2, -0.15) is 23.8 Å². The number of nitro benzene ring substituents is 1. The number of nitrogens with zero attached hydrogens (tertiary/aromatic N) is 3. The standard InChI is InChI=1S/C12H8N4O5S/c17-16(18)8-3-1-7(2-4-8)9-5-6-10-11(14-15-13-10)12(9)22(19,20)21/h1-6H,(H,13,14,15)(H,19,20,21). The van der Waals surface area contributed by atoms with Gasteiger partial charge >= 0.3 is 0 Å². The maximum absolute atomic E-state index is 11.7. The highest BCUT2D eigenvalue weighted by Gasteiger charge is 2.23. The van der Waals surface area contributed by atoms with Crippen molar-refractivity contribution in [2.24, 2.45) is 0 Å². The minimum absolute atomic E-state index is 0.00153. The molecule has 0 aliphatic rings. The molecule has 1 heterocycles. The molecular formula is C12H8N4O5S. The molecule has 9 nitrogen and oxygen atoms in total. The van der Waals surface area contributed by atoms with Crippen LogP contribution >= 0.6 is 0 Å². The first-order chi connectivity index (χ1) is 10.4. The van der Waals surface area contributed by atoms with E-state index in [9.17, 15) is 23.1 Å². The van der Waals surface area contributed by atoms with E-state index in [1.807, 2.05) is 0 Å². The molecule has 2 N–H and O–H groups in total. The molecule has 3 rings (SSSR count). The lowest BCUT2D eigenvalue weighted by molar-refractivity contribution is -0.384. The summed E-state index contributed by atoms with van der Waals surface area (Å²) in [5.74, 6) is 0. The van der Waals surface area contributed by atoms with Crippen LogP contribution in [0.2, 0.25) is 0 Å². The minimum Gasteiger partial charge on any atom is -0.282 e. The van der Waals surface area contributed by atoms with Crippen molar-refractivity contribution in [3.05, 3.63) is 46.5 Å². The molecular weight excluding hydrogens is 312 g/mol. The fourth-order valence-corrected chi connectivity index (χ4v) is 3.00. The Morgan fingerprint density at radius 2 is 1.77 bits per heavy atom. The quantitative estimate of drug-likeness (QED) is 0.426. The maximum Gasteiger partial charge on any atom is 0.297 e. The largest absolute Gasteiger partial charge is 0.297 e. The number of hydrogen-bond donors (Lipinski definition) is 2. The molecule has 2 aromatic carbocycles. The second-order valence-electron chi connectivity index (χ2n) is 4.41. The Bertz CT molecular complexity index is 978. The molecule has 10 heteroatoms. The Balaban J connectivity index is 2.28. The van der Waals surface area contributed by atoms with Gasteiger partial charge in [0.15, 0.2) is 0 Å². The van der Waals surface area contributed by atoms with Crippen molar-refractivity contribution in [2.45, 2.75) is 4.90 Å². The summed E-state index contributed by atoms with van der Waals surface area (Å²) in [4.78, 5) is 9.71. The van der Waals surface area contributed by atoms with E-state index in [0.29, 0.717) is 5.56 Å². The first kappa shape index (κ1) is 14.1. The number of H-pyrrole nitrogens is 1. The van der Waals surface area contributed by atoms with Crippen molar-refractivity contribution in [2.75, 3.05) is 0 Å². The average Bonchev–Trinajstić information content (AvgIpc) is 2.93. The van der Waals surface area contributed by atoms with Crippen LogP contribution < -0.4 is 0 Å². The second-order valence-corrected chi connectivity index (χ2v) is 5.77. The van der Waals surface area contributed by atoms with E-state index in [2.05, 4.69) is 15.4 Å². The van der Waals surface area contributed by atoms with E-state index in [1.54, 1.807) is 0 Å². The average molecular weight is 320 g/mol. The zero-order valence-electron chi connectivity index (χ0n) is 10.8. The monoisotopic (exact) mass is 320 g/mol. The van der Waals surface area contributed by atoms with Gasteiger partial charge < -0.3 is 0 Å². The summed E-state index contributed by atoms with van der Waals surface area (Å²) in [5.41, 5.74) is 0.721. The molecule has 0 aliphatic carbocycles. The van der Waals surface area contributed by atoms with Crippen LogP contribution in [-0.2, 0) is 10.1 Å². The maximum atomic E-state index is 11.7. The van der Waals surface area contributed by atoms with E-state index in [1.165, 1.54) is 36.4 Å². The van der Waals surface area contributed by atoms with E-state index in [-0.39, 0.29) is 22.3 Å². The molecule has 0 saturated heterocycles. The van der Waals surface area contributed by atoms with Gasteiger partial charge in [-0.1, -0.05) is 6.07 Å². The Kier molecular flexibility index (Phi) is 3.11. The van der Waals surface area contributed by atoms with Gasteiger partial charge in [-0.25, -0.2) is 0 Å². The molecule has 0 aliphatic heterocycles. The van der Waals surface area contributed by atoms with Gasteiger partial charge in [0.25, 0.3) is 15.8 Å². The predicted octanol–water partition coefficient (Wildman–Crippen LogP) is 1.78. The second kappa shape index (κ2) is 4.86. The third-order valence-electron chi connectivity index (χ3n) is 3.09. The zero-order chi connectivity index (χ0) is 15.9. The van der Waals surface area contributed by atoms with E-state index in [4.69, 9.17) is 0 Å². The van der Waals surface area contributed by atoms with Gasteiger partial charge in [0.2, 0.25) is 0 Å². The summed E-state index contributed by atoms with van der Waals surface area (Å²) >= 11 is 0. The van der Waals surface area contributed by atoms with Crippen molar-refractivity contribution in [3.8, 4) is 11.1 Å². The predicted molar refractivity (Wildman–Crippen MR) is 75.8 cm³/mol. The lowest BCUT2D eigenvalue weighted by atomic mass is 10.0. The molecule has 0 saturated carbocycles. The number of fused-ring (bicyclic) bond motifs is 1. The van der Waals surface area contributed by atoms with Crippen LogP contribution in [0.15, 0.2) is 41.3 Å². The highest BCUT2D eigenvalue weighted by molar-refractivity contribution is 7.86. The highest BCUT2D eigenvalue weighted by Crippen LogP contribution is 2.32. The van der Waals surface area contributed by atoms with Crippen LogP contribution in [0.1, 0.15) is 0 Å². The van der Waals surface area contributed by atoms with E-state index < -0.39 is 19.9 Å². The summed E-state index contributed by atoms with van der Waals surface area (Å²) in [6, 6.07) is 8.27. The van der Waals surface area contributed by atoms with Crippen LogP contribution in [0.3, 0.4) is 0 Å². The van der Waals surface area contributed by atoms with Crippen molar-refractivity contribution in [1.29, 1.82) is 0 Å². The van der Waals surface area contributed by atoms with Gasteiger partial charge in [0.05, 0.1) is 4.92 Å². The Morgan fingerprint density at radius 3 is 2.36 bits per heavy atom. The highest BCUT2D eigenvalue weighted by atomic mass is 32.2. The Labute approximate surface area is 123 Å². The van der Waals surface area contributed by atoms with Crippen molar-refractivity contribution in [3.63, 3.8) is 0 Å². The van der Waals surface area contributed by atoms with Gasteiger partial charge in [-0.3, -0.25) is 14.7 Å². The number of non-ortho nitro benzene ring substituents is 1. The minimum atomic E-state index is -4.56. The van der Waals surface area contributed by atoms with Gasteiger partial charge in [-0.05, 0) is 23.8 Å². The topological polar surface area (TPSA) is 139 Å². The first-order valence-corrected chi connectivity index (χ1v) is 7.38. The summed E-state index contributed by atoms with van der Waals surface area (Å²) < 4.78 is 32.8. The van der Waals surface area contributed by atoms with Gasteiger partial charge in [0, 0.05) is 17.7 Å². The third-order valence-corrected chi connectivity index (χ3v) is 4.02. The van der Waals surface area contributed by atoms with Crippen molar-refractivity contribution in [1.82, 2.24) is 15.4 Å². The summed E-state index contributed by atoms with van der Waals surface area (Å²) in [6.45, 7) is 0. The molecule has 0 unspecified atom stereocenters. The van der Waals surface area contributed by atoms with Crippen LogP contribution in [-0.4, -0.2) is 33.3 Å². The van der Waals surface area contributed by atoms with Crippen LogP contribution in [0.25, 0.3) is 22.2 Å². The fourth-order valence-electron chi connectivity index (χ4n) is 2.14. The van der Waals surface area contributed by atoms with Crippen molar-refractivity contribution < 1.29 is 17.9 Å². The first-order valence-electron chi connectivity index (χ1n) is 5.94. The van der Waals surface area contributed by atoms with Crippen molar-refractivity contribution >= 4 is 26.8 Å². The van der Waals surface area contributed by atoms with Crippen LogP contribution in [0.4, 0.5) is 5.69 Å². The number of nitro groups is 1. The number of rotatable bonds is 3. The lowest BCUT2D eigenvalue weighted by Crippen LogP contribution is -2.02. The SMILES string of the molecule is O=[N+]([O-])c1ccc(-c2ccc3n[nH]nc3c2S(=O)(=O)O)cc1. The van der Waals surface area contributed by atoms with Gasteiger partial charge in [0.1, 0.15) is 15.9 Å². The molecule has 112 valence electrons. The number of aromatic nitrogens is 3. The lowest BCUT2D eigenvalue weighted by Gasteiger charge is -2.07. The van der Waals surface area contributed by atoms with E-state index >= 15 is 0 Å². The number of nitrogens with one attached hydrogen (secondary N) is 1. The number of aromatic amines is 1. The Morgan fingerprint density at radius 1 is 1.09 bits per heavy atom. The van der Waals surface area contributed by atoms with Crippen LogP contribution in [0, 0.1) is 10.1 Å². The number of benzene rings is 2. The Hall–Kier alpha value is -2.85. The molecule has 0 radical (unpaired) electrons.